The number of aliphatic carboxylic acids is 1. The first kappa shape index (κ1) is 21.9. The highest BCUT2D eigenvalue weighted by Gasteiger charge is 2.59. The van der Waals surface area contributed by atoms with Gasteiger partial charge in [-0.1, -0.05) is 32.4 Å². The molecule has 0 amide bonds. The lowest BCUT2D eigenvalue weighted by Gasteiger charge is -2.58. The van der Waals surface area contributed by atoms with Gasteiger partial charge >= 0.3 is 11.9 Å². The Morgan fingerprint density at radius 1 is 1.17 bits per heavy atom. The topological polar surface area (TPSA) is 63.6 Å². The molecule has 0 radical (unpaired) electrons. The highest BCUT2D eigenvalue weighted by Crippen LogP contribution is 2.67. The Balaban J connectivity index is 1.51. The summed E-state index contributed by atoms with van der Waals surface area (Å²) >= 11 is 0. The molecule has 30 heavy (non-hydrogen) atoms. The van der Waals surface area contributed by atoms with Crippen LogP contribution in [0.5, 0.6) is 0 Å². The van der Waals surface area contributed by atoms with Gasteiger partial charge in [-0.2, -0.15) is 0 Å². The molecule has 168 valence electrons. The van der Waals surface area contributed by atoms with Crippen LogP contribution in [0.25, 0.3) is 0 Å². The van der Waals surface area contributed by atoms with Gasteiger partial charge in [0.05, 0.1) is 0 Å². The van der Waals surface area contributed by atoms with Crippen LogP contribution in [0, 0.1) is 40.4 Å². The molecule has 4 aliphatic carbocycles. The molecule has 0 aromatic rings. The number of esters is 1. The number of hydrogen-bond donors (Lipinski definition) is 1. The van der Waals surface area contributed by atoms with Gasteiger partial charge < -0.3 is 9.84 Å². The molecule has 0 aliphatic heterocycles. The van der Waals surface area contributed by atoms with E-state index in [1.807, 2.05) is 0 Å². The Kier molecular flexibility index (Phi) is 5.83. The normalized spacial score (nSPS) is 43.6. The third kappa shape index (κ3) is 3.62. The van der Waals surface area contributed by atoms with Crippen LogP contribution in [-0.4, -0.2) is 23.1 Å². The monoisotopic (exact) mass is 416 g/mol. The minimum atomic E-state index is -0.660. The third-order valence-corrected chi connectivity index (χ3v) is 9.97. The van der Waals surface area contributed by atoms with E-state index in [0.717, 1.165) is 43.4 Å². The van der Waals surface area contributed by atoms with Crippen LogP contribution in [0.1, 0.15) is 91.9 Å². The van der Waals surface area contributed by atoms with E-state index < -0.39 is 5.97 Å². The Labute approximate surface area is 181 Å². The molecule has 0 aromatic heterocycles. The molecular weight excluding hydrogens is 376 g/mol. The molecule has 4 aliphatic rings. The summed E-state index contributed by atoms with van der Waals surface area (Å²) in [5.74, 6) is 2.64. The zero-order chi connectivity index (χ0) is 21.7. The summed E-state index contributed by atoms with van der Waals surface area (Å²) in [6, 6.07) is 0. The fraction of sp³-hybridized carbons (Fsp3) is 0.846. The van der Waals surface area contributed by atoms with E-state index in [-0.39, 0.29) is 17.5 Å². The molecule has 0 bridgehead atoms. The maximum absolute atomic E-state index is 11.4. The predicted molar refractivity (Wildman–Crippen MR) is 117 cm³/mol. The van der Waals surface area contributed by atoms with Crippen LogP contribution in [-0.2, 0) is 14.3 Å². The highest BCUT2D eigenvalue weighted by molar-refractivity contribution is 5.66. The van der Waals surface area contributed by atoms with E-state index in [4.69, 9.17) is 9.84 Å². The first-order valence-electron chi connectivity index (χ1n) is 12.2. The van der Waals surface area contributed by atoms with Crippen molar-refractivity contribution in [2.75, 3.05) is 0 Å². The maximum atomic E-state index is 11.4. The van der Waals surface area contributed by atoms with Gasteiger partial charge in [0.2, 0.25) is 0 Å². The number of allylic oxidation sites excluding steroid dienone is 1. The lowest BCUT2D eigenvalue weighted by molar-refractivity contribution is -0.148. The summed E-state index contributed by atoms with van der Waals surface area (Å²) in [5.41, 5.74) is 2.19. The number of carbonyl (C=O) groups excluding carboxylic acids is 1. The molecule has 4 nitrogen and oxygen atoms in total. The molecule has 0 saturated heterocycles. The fourth-order valence-electron chi connectivity index (χ4n) is 8.49. The standard InChI is InChI=1S/C26H40O4/c1-16(5-10-24(28)29)21-8-9-22-20-7-6-18-15-19(30-17(2)27)11-13-25(18,3)23(20)12-14-26(21,22)4/h6,16,19-23H,5,7-15H2,1-4H3,(H,28,29)/t16-,19+,20-,21+,22-,23-,25+,26-/m1/s1. The van der Waals surface area contributed by atoms with E-state index in [1.54, 1.807) is 5.57 Å². The average molecular weight is 417 g/mol. The minimum Gasteiger partial charge on any atom is -0.481 e. The zero-order valence-electron chi connectivity index (χ0n) is 19.3. The van der Waals surface area contributed by atoms with Crippen molar-refractivity contribution >= 4 is 11.9 Å². The van der Waals surface area contributed by atoms with Crippen LogP contribution >= 0.6 is 0 Å². The quantitative estimate of drug-likeness (QED) is 0.441. The second-order valence-electron chi connectivity index (χ2n) is 11.4. The van der Waals surface area contributed by atoms with E-state index in [9.17, 15) is 9.59 Å². The molecule has 1 N–H and O–H groups in total. The van der Waals surface area contributed by atoms with Crippen molar-refractivity contribution in [1.82, 2.24) is 0 Å². The largest absolute Gasteiger partial charge is 0.481 e. The van der Waals surface area contributed by atoms with Crippen molar-refractivity contribution in [3.63, 3.8) is 0 Å². The lowest BCUT2D eigenvalue weighted by Crippen LogP contribution is -2.51. The van der Waals surface area contributed by atoms with Crippen LogP contribution in [0.3, 0.4) is 0 Å². The third-order valence-electron chi connectivity index (χ3n) is 9.97. The van der Waals surface area contributed by atoms with Crippen molar-refractivity contribution in [1.29, 1.82) is 0 Å². The molecule has 0 heterocycles. The van der Waals surface area contributed by atoms with Crippen LogP contribution < -0.4 is 0 Å². The van der Waals surface area contributed by atoms with Crippen LogP contribution in [0.4, 0.5) is 0 Å². The first-order valence-corrected chi connectivity index (χ1v) is 12.2. The summed E-state index contributed by atoms with van der Waals surface area (Å²) in [5, 5.41) is 9.13. The van der Waals surface area contributed by atoms with E-state index >= 15 is 0 Å². The minimum absolute atomic E-state index is 0.0678. The number of carboxylic acids is 1. The van der Waals surface area contributed by atoms with Crippen molar-refractivity contribution in [2.45, 2.75) is 98.0 Å². The van der Waals surface area contributed by atoms with Gasteiger partial charge in [0.25, 0.3) is 0 Å². The van der Waals surface area contributed by atoms with Gasteiger partial charge in [0.15, 0.2) is 0 Å². The summed E-state index contributed by atoms with van der Waals surface area (Å²) in [4.78, 5) is 22.5. The Morgan fingerprint density at radius 2 is 1.93 bits per heavy atom. The average Bonchev–Trinajstić information content (AvgIpc) is 3.03. The van der Waals surface area contributed by atoms with Crippen LogP contribution in [0.15, 0.2) is 11.6 Å². The number of ether oxygens (including phenoxy) is 1. The van der Waals surface area contributed by atoms with Gasteiger partial charge in [0, 0.05) is 19.8 Å². The molecular formula is C26H40O4. The van der Waals surface area contributed by atoms with Gasteiger partial charge in [-0.15, -0.1) is 0 Å². The second kappa shape index (κ2) is 7.98. The molecule has 4 rings (SSSR count). The van der Waals surface area contributed by atoms with E-state index in [1.165, 1.54) is 39.0 Å². The molecule has 0 unspecified atom stereocenters. The van der Waals surface area contributed by atoms with Gasteiger partial charge in [-0.05, 0) is 91.8 Å². The SMILES string of the molecule is CC(=O)O[C@H]1CC[C@@]2(C)C(=CC[C@@H]3[C@H]4CC[C@@H]([C@H](C)CCC(=O)O)[C@@]4(C)CC[C@H]32)C1. The number of rotatable bonds is 5. The van der Waals surface area contributed by atoms with Gasteiger partial charge in [-0.25, -0.2) is 0 Å². The molecule has 0 aromatic carbocycles. The number of carbonyl (C=O) groups is 2. The second-order valence-corrected chi connectivity index (χ2v) is 11.4. The Bertz CT molecular complexity index is 727. The number of hydrogen-bond acceptors (Lipinski definition) is 3. The van der Waals surface area contributed by atoms with E-state index in [0.29, 0.717) is 23.7 Å². The van der Waals surface area contributed by atoms with Crippen molar-refractivity contribution in [3.05, 3.63) is 11.6 Å². The Morgan fingerprint density at radius 3 is 2.63 bits per heavy atom. The summed E-state index contributed by atoms with van der Waals surface area (Å²) in [6.07, 6.45) is 13.1. The molecule has 3 fully saturated rings. The van der Waals surface area contributed by atoms with Crippen molar-refractivity contribution < 1.29 is 19.4 Å². The molecule has 4 heteroatoms. The summed E-state index contributed by atoms with van der Waals surface area (Å²) < 4.78 is 5.57. The maximum Gasteiger partial charge on any atom is 0.303 e. The van der Waals surface area contributed by atoms with Gasteiger partial charge in [-0.3, -0.25) is 9.59 Å². The Hall–Kier alpha value is -1.32. The van der Waals surface area contributed by atoms with Gasteiger partial charge in [0.1, 0.15) is 6.10 Å². The molecule has 0 spiro atoms. The smallest absolute Gasteiger partial charge is 0.303 e. The highest BCUT2D eigenvalue weighted by atomic mass is 16.5. The van der Waals surface area contributed by atoms with E-state index in [2.05, 4.69) is 26.8 Å². The number of carboxylic acid groups (broad SMARTS) is 1. The predicted octanol–water partition coefficient (Wildman–Crippen LogP) is 6.00. The lowest BCUT2D eigenvalue weighted by atomic mass is 9.47. The fourth-order valence-corrected chi connectivity index (χ4v) is 8.49. The number of fused-ring (bicyclic) bond motifs is 5. The summed E-state index contributed by atoms with van der Waals surface area (Å²) in [6.45, 7) is 8.84. The zero-order valence-corrected chi connectivity index (χ0v) is 19.3. The van der Waals surface area contributed by atoms with Crippen molar-refractivity contribution in [2.24, 2.45) is 40.4 Å². The van der Waals surface area contributed by atoms with Crippen molar-refractivity contribution in [3.8, 4) is 0 Å². The van der Waals surface area contributed by atoms with Crippen LogP contribution in [0.2, 0.25) is 0 Å². The molecule has 3 saturated carbocycles. The first-order chi connectivity index (χ1) is 14.1. The summed E-state index contributed by atoms with van der Waals surface area (Å²) in [7, 11) is 0. The molecule has 8 atom stereocenters.